The maximum absolute atomic E-state index is 12.9. The van der Waals surface area contributed by atoms with E-state index in [1.54, 1.807) is 13.3 Å². The van der Waals surface area contributed by atoms with Crippen molar-refractivity contribution in [3.8, 4) is 5.75 Å². The average molecular weight is 472 g/mol. The maximum Gasteiger partial charge on any atom is 0.222 e. The molecule has 0 saturated carbocycles. The summed E-state index contributed by atoms with van der Waals surface area (Å²) in [4.78, 5) is 22.2. The third-order valence-corrected chi connectivity index (χ3v) is 6.67. The Bertz CT molecular complexity index is 1280. The minimum Gasteiger partial charge on any atom is -0.511 e. The van der Waals surface area contributed by atoms with Gasteiger partial charge in [0.1, 0.15) is 29.9 Å². The van der Waals surface area contributed by atoms with Crippen LogP contribution in [0.25, 0.3) is 0 Å². The highest BCUT2D eigenvalue weighted by atomic mass is 16.5. The molecule has 0 unspecified atom stereocenters. The minimum atomic E-state index is -0.372. The maximum atomic E-state index is 12.9. The monoisotopic (exact) mass is 471 g/mol. The molecule has 1 aliphatic carbocycles. The van der Waals surface area contributed by atoms with E-state index in [4.69, 9.17) is 9.73 Å². The van der Waals surface area contributed by atoms with Crippen LogP contribution in [0.3, 0.4) is 0 Å². The Morgan fingerprint density at radius 3 is 2.54 bits per heavy atom. The van der Waals surface area contributed by atoms with E-state index in [0.717, 1.165) is 16.9 Å². The van der Waals surface area contributed by atoms with Gasteiger partial charge in [0.15, 0.2) is 5.78 Å². The molecule has 3 aromatic rings. The van der Waals surface area contributed by atoms with E-state index in [9.17, 15) is 9.90 Å². The molecular weight excluding hydrogens is 442 g/mol. The highest BCUT2D eigenvalue weighted by molar-refractivity contribution is 6.14. The second kappa shape index (κ2) is 9.02. The molecule has 2 aromatic carbocycles. The molecule has 180 valence electrons. The fourth-order valence-corrected chi connectivity index (χ4v) is 4.97. The van der Waals surface area contributed by atoms with E-state index in [0.29, 0.717) is 18.8 Å². The van der Waals surface area contributed by atoms with Gasteiger partial charge >= 0.3 is 0 Å². The van der Waals surface area contributed by atoms with Crippen LogP contribution in [0.5, 0.6) is 5.75 Å². The van der Waals surface area contributed by atoms with Crippen LogP contribution in [0.2, 0.25) is 0 Å². The van der Waals surface area contributed by atoms with Crippen LogP contribution in [0, 0.1) is 5.41 Å². The Balaban J connectivity index is 1.61. The summed E-state index contributed by atoms with van der Waals surface area (Å²) >= 11 is 0. The summed E-state index contributed by atoms with van der Waals surface area (Å²) in [5, 5.41) is 18.6. The fourth-order valence-electron chi connectivity index (χ4n) is 4.97. The van der Waals surface area contributed by atoms with Crippen LogP contribution in [0.4, 0.5) is 5.95 Å². The predicted molar refractivity (Wildman–Crippen MR) is 134 cm³/mol. The molecule has 2 aliphatic rings. The molecule has 8 nitrogen and oxygen atoms in total. The molecule has 1 aromatic heterocycles. The summed E-state index contributed by atoms with van der Waals surface area (Å²) in [7, 11) is 1.64. The zero-order valence-electron chi connectivity index (χ0n) is 20.0. The van der Waals surface area contributed by atoms with Gasteiger partial charge in [-0.2, -0.15) is 10.1 Å². The van der Waals surface area contributed by atoms with Crippen molar-refractivity contribution >= 4 is 17.9 Å². The van der Waals surface area contributed by atoms with Crippen molar-refractivity contribution in [2.45, 2.75) is 44.8 Å². The number of hydrogen-bond donors (Lipinski definition) is 2. The molecule has 35 heavy (non-hydrogen) atoms. The predicted octanol–water partition coefficient (Wildman–Crippen LogP) is 4.68. The highest BCUT2D eigenvalue weighted by Crippen LogP contribution is 2.41. The van der Waals surface area contributed by atoms with Crippen molar-refractivity contribution in [2.24, 2.45) is 10.4 Å². The number of aliphatic hydroxyl groups excluding tert-OH is 1. The highest BCUT2D eigenvalue weighted by Gasteiger charge is 2.40. The number of nitrogens with zero attached hydrogens (tertiary/aromatic N) is 4. The number of fused-ring (bicyclic) bond motifs is 1. The topological polar surface area (TPSA) is 102 Å². The normalized spacial score (nSPS) is 23.7. The van der Waals surface area contributed by atoms with Crippen LogP contribution in [-0.2, 0) is 4.79 Å². The molecule has 2 N–H and O–H groups in total. The Morgan fingerprint density at radius 2 is 1.86 bits per heavy atom. The van der Waals surface area contributed by atoms with Gasteiger partial charge in [0.25, 0.3) is 0 Å². The Labute approximate surface area is 204 Å². The number of aliphatic imine (C=N–C) groups is 1. The van der Waals surface area contributed by atoms with Gasteiger partial charge < -0.3 is 15.2 Å². The van der Waals surface area contributed by atoms with E-state index >= 15 is 0 Å². The molecule has 8 heteroatoms. The molecule has 0 bridgehead atoms. The van der Waals surface area contributed by atoms with Crippen LogP contribution in [0.15, 0.2) is 77.2 Å². The first-order chi connectivity index (χ1) is 16.9. The third-order valence-electron chi connectivity index (χ3n) is 6.67. The van der Waals surface area contributed by atoms with Crippen molar-refractivity contribution in [1.82, 2.24) is 14.8 Å². The van der Waals surface area contributed by atoms with Gasteiger partial charge in [-0.15, -0.1) is 0 Å². The number of rotatable bonds is 5. The molecule has 0 saturated heterocycles. The van der Waals surface area contributed by atoms with Gasteiger partial charge in [-0.25, -0.2) is 4.68 Å². The first kappa shape index (κ1) is 22.8. The van der Waals surface area contributed by atoms with E-state index in [2.05, 4.69) is 15.4 Å². The zero-order valence-corrected chi connectivity index (χ0v) is 20.0. The number of hydrogen-bond acceptors (Lipinski definition) is 7. The van der Waals surface area contributed by atoms with Crippen molar-refractivity contribution < 1.29 is 14.6 Å². The summed E-state index contributed by atoms with van der Waals surface area (Å²) in [5.41, 5.74) is 2.04. The van der Waals surface area contributed by atoms with Crippen molar-refractivity contribution in [3.05, 3.63) is 83.4 Å². The molecule has 0 fully saturated rings. The summed E-state index contributed by atoms with van der Waals surface area (Å²) in [5.74, 6) is 1.41. The Kier molecular flexibility index (Phi) is 5.88. The van der Waals surface area contributed by atoms with Crippen molar-refractivity contribution in [2.75, 3.05) is 12.4 Å². The Morgan fingerprint density at radius 1 is 1.11 bits per heavy atom. The quantitative estimate of drug-likeness (QED) is 0.524. The summed E-state index contributed by atoms with van der Waals surface area (Å²) in [6.07, 6.45) is 3.89. The summed E-state index contributed by atoms with van der Waals surface area (Å²) < 4.78 is 7.17. The smallest absolute Gasteiger partial charge is 0.222 e. The largest absolute Gasteiger partial charge is 0.511 e. The molecule has 5 rings (SSSR count). The number of Topliss-reactive ketones (excluding diaryl/α,β-unsaturated/α-hetero) is 1. The number of benzene rings is 2. The van der Waals surface area contributed by atoms with E-state index in [1.165, 1.54) is 6.33 Å². The van der Waals surface area contributed by atoms with Gasteiger partial charge in [-0.05, 0) is 28.7 Å². The molecule has 0 radical (unpaired) electrons. The number of methoxy groups -OCH3 is 1. The number of allylic oxidation sites excluding steroid dienone is 2. The van der Waals surface area contributed by atoms with Crippen LogP contribution in [-0.4, -0.2) is 45.0 Å². The number of ketones is 1. The standard InChI is InChI=1S/C27H29N5O3/c1-27(2)13-21(33)20(22(34)14-27)15-28-24-23(17-9-11-19(35-3)12-10-17)31-26-29-16-30-32(26)25(24)18-7-5-4-6-8-18/h4-12,15-16,23-25,33H,13-14H2,1-3H3,(H,29,30,31)/t23-,24+,25+/m0/s1. The number of aliphatic hydroxyl groups is 1. The van der Waals surface area contributed by atoms with Gasteiger partial charge in [-0.3, -0.25) is 9.79 Å². The number of carbonyl (C=O) groups is 1. The van der Waals surface area contributed by atoms with Gasteiger partial charge in [0, 0.05) is 19.1 Å². The molecule has 0 amide bonds. The van der Waals surface area contributed by atoms with E-state index in [1.807, 2.05) is 73.1 Å². The first-order valence-corrected chi connectivity index (χ1v) is 11.7. The molecule has 3 atom stereocenters. The van der Waals surface area contributed by atoms with Gasteiger partial charge in [0.2, 0.25) is 5.95 Å². The molecule has 2 heterocycles. The number of aromatic nitrogens is 3. The minimum absolute atomic E-state index is 0.0926. The Hall–Kier alpha value is -3.94. The van der Waals surface area contributed by atoms with E-state index in [-0.39, 0.29) is 40.7 Å². The average Bonchev–Trinajstić information content (AvgIpc) is 3.31. The second-order valence-electron chi connectivity index (χ2n) is 9.85. The summed E-state index contributed by atoms with van der Waals surface area (Å²) in [6.45, 7) is 3.97. The van der Waals surface area contributed by atoms with Crippen LogP contribution in [0.1, 0.15) is 49.9 Å². The van der Waals surface area contributed by atoms with Crippen LogP contribution < -0.4 is 10.1 Å². The second-order valence-corrected chi connectivity index (χ2v) is 9.85. The number of nitrogens with one attached hydrogen (secondary N) is 1. The number of anilines is 1. The SMILES string of the molecule is COc1ccc([C@@H]2Nc3ncnn3[C@H](c3ccccc3)[C@@H]2N=CC2=C(O)CC(C)(C)CC2=O)cc1. The third kappa shape index (κ3) is 4.43. The fraction of sp³-hybridized carbons (Fsp3) is 0.333. The lowest BCUT2D eigenvalue weighted by molar-refractivity contribution is -0.117. The van der Waals surface area contributed by atoms with E-state index < -0.39 is 0 Å². The van der Waals surface area contributed by atoms with Gasteiger partial charge in [0.05, 0.1) is 18.7 Å². The summed E-state index contributed by atoms with van der Waals surface area (Å²) in [6, 6.07) is 17.0. The first-order valence-electron chi connectivity index (χ1n) is 11.7. The molecule has 1 aliphatic heterocycles. The van der Waals surface area contributed by atoms with Gasteiger partial charge in [-0.1, -0.05) is 56.3 Å². The van der Waals surface area contributed by atoms with Crippen LogP contribution >= 0.6 is 0 Å². The zero-order chi connectivity index (χ0) is 24.6. The molecular formula is C27H29N5O3. The lowest BCUT2D eigenvalue weighted by atomic mass is 9.77. The molecule has 0 spiro atoms. The lowest BCUT2D eigenvalue weighted by Crippen LogP contribution is -2.40. The number of carbonyl (C=O) groups excluding carboxylic acids is 1. The number of ether oxygens (including phenoxy) is 1. The lowest BCUT2D eigenvalue weighted by Gasteiger charge is -2.37. The van der Waals surface area contributed by atoms with Crippen molar-refractivity contribution in [1.29, 1.82) is 0 Å². The van der Waals surface area contributed by atoms with Crippen molar-refractivity contribution in [3.63, 3.8) is 0 Å².